The highest BCUT2D eigenvalue weighted by atomic mass is 19.4. The summed E-state index contributed by atoms with van der Waals surface area (Å²) in [5.41, 5.74) is 1.63. The van der Waals surface area contributed by atoms with Crippen molar-refractivity contribution < 1.29 is 17.9 Å². The van der Waals surface area contributed by atoms with Crippen molar-refractivity contribution in [3.8, 4) is 5.75 Å². The first-order valence-electron chi connectivity index (χ1n) is 5.80. The Morgan fingerprint density at radius 2 is 1.85 bits per heavy atom. The Kier molecular flexibility index (Phi) is 4.07. The molecule has 0 spiro atoms. The molecule has 20 heavy (non-hydrogen) atoms. The van der Waals surface area contributed by atoms with E-state index >= 15 is 0 Å². The van der Waals surface area contributed by atoms with Crippen molar-refractivity contribution in [2.75, 3.05) is 5.32 Å². The second-order valence-corrected chi connectivity index (χ2v) is 4.07. The predicted molar refractivity (Wildman–Crippen MR) is 67.2 cm³/mol. The van der Waals surface area contributed by atoms with Gasteiger partial charge in [0.1, 0.15) is 5.75 Å². The summed E-state index contributed by atoms with van der Waals surface area (Å²) in [7, 11) is 0. The minimum Gasteiger partial charge on any atom is -0.406 e. The molecule has 2 aromatic rings. The zero-order valence-corrected chi connectivity index (χ0v) is 10.6. The SMILES string of the molecule is Cc1ccnc(NCc2ccc(OC(F)(F)F)cc2)n1. The Hall–Kier alpha value is -2.31. The Morgan fingerprint density at radius 1 is 1.15 bits per heavy atom. The highest BCUT2D eigenvalue weighted by Crippen LogP contribution is 2.22. The van der Waals surface area contributed by atoms with Crippen LogP contribution in [0.15, 0.2) is 36.5 Å². The monoisotopic (exact) mass is 283 g/mol. The van der Waals surface area contributed by atoms with Gasteiger partial charge in [-0.15, -0.1) is 13.2 Å². The molecule has 4 nitrogen and oxygen atoms in total. The molecule has 0 aliphatic heterocycles. The molecule has 106 valence electrons. The molecule has 2 rings (SSSR count). The maximum absolute atomic E-state index is 12.0. The number of benzene rings is 1. The predicted octanol–water partition coefficient (Wildman–Crippen LogP) is 3.30. The molecule has 1 heterocycles. The highest BCUT2D eigenvalue weighted by molar-refractivity contribution is 5.31. The molecule has 0 saturated carbocycles. The molecule has 0 atom stereocenters. The van der Waals surface area contributed by atoms with Gasteiger partial charge in [0, 0.05) is 18.4 Å². The van der Waals surface area contributed by atoms with Crippen molar-refractivity contribution >= 4 is 5.95 Å². The van der Waals surface area contributed by atoms with E-state index in [1.54, 1.807) is 24.4 Å². The van der Waals surface area contributed by atoms with E-state index in [-0.39, 0.29) is 5.75 Å². The zero-order chi connectivity index (χ0) is 14.6. The third-order valence-electron chi connectivity index (χ3n) is 2.40. The van der Waals surface area contributed by atoms with Crippen LogP contribution >= 0.6 is 0 Å². The van der Waals surface area contributed by atoms with Gasteiger partial charge >= 0.3 is 6.36 Å². The lowest BCUT2D eigenvalue weighted by Crippen LogP contribution is -2.17. The molecular formula is C13H12F3N3O. The molecule has 0 radical (unpaired) electrons. The molecular weight excluding hydrogens is 271 g/mol. The third kappa shape index (κ3) is 4.42. The summed E-state index contributed by atoms with van der Waals surface area (Å²) < 4.78 is 39.8. The van der Waals surface area contributed by atoms with Crippen LogP contribution in [0.2, 0.25) is 0 Å². The van der Waals surface area contributed by atoms with Crippen molar-refractivity contribution in [1.29, 1.82) is 0 Å². The summed E-state index contributed by atoms with van der Waals surface area (Å²) in [5.74, 6) is 0.230. The molecule has 0 saturated heterocycles. The van der Waals surface area contributed by atoms with Crippen molar-refractivity contribution in [3.63, 3.8) is 0 Å². The summed E-state index contributed by atoms with van der Waals surface area (Å²) in [6.45, 7) is 2.26. The fourth-order valence-corrected chi connectivity index (χ4v) is 1.52. The maximum atomic E-state index is 12.0. The number of alkyl halides is 3. The highest BCUT2D eigenvalue weighted by Gasteiger charge is 2.30. The van der Waals surface area contributed by atoms with Crippen LogP contribution in [0.3, 0.4) is 0 Å². The van der Waals surface area contributed by atoms with Gasteiger partial charge in [-0.05, 0) is 30.7 Å². The number of halogens is 3. The van der Waals surface area contributed by atoms with Crippen molar-refractivity contribution in [3.05, 3.63) is 47.8 Å². The van der Waals surface area contributed by atoms with Crippen molar-refractivity contribution in [2.24, 2.45) is 0 Å². The second kappa shape index (κ2) is 5.77. The minimum atomic E-state index is -4.67. The number of rotatable bonds is 4. The number of nitrogens with zero attached hydrogens (tertiary/aromatic N) is 2. The smallest absolute Gasteiger partial charge is 0.406 e. The first-order valence-corrected chi connectivity index (χ1v) is 5.80. The molecule has 0 amide bonds. The molecule has 0 bridgehead atoms. The summed E-state index contributed by atoms with van der Waals surface area (Å²) in [5, 5.41) is 2.98. The number of ether oxygens (including phenoxy) is 1. The van der Waals surface area contributed by atoms with Gasteiger partial charge in [0.15, 0.2) is 0 Å². The number of hydrogen-bond donors (Lipinski definition) is 1. The molecule has 0 aliphatic rings. The minimum absolute atomic E-state index is 0.243. The van der Waals surface area contributed by atoms with Crippen LogP contribution in [0, 0.1) is 6.92 Å². The Balaban J connectivity index is 1.94. The molecule has 7 heteroatoms. The lowest BCUT2D eigenvalue weighted by molar-refractivity contribution is -0.274. The lowest BCUT2D eigenvalue weighted by Gasteiger charge is -2.09. The molecule has 1 aromatic heterocycles. The Morgan fingerprint density at radius 3 is 2.45 bits per heavy atom. The molecule has 0 fully saturated rings. The zero-order valence-electron chi connectivity index (χ0n) is 10.6. The molecule has 1 aromatic carbocycles. The van der Waals surface area contributed by atoms with Crippen LogP contribution in [0.1, 0.15) is 11.3 Å². The standard InChI is InChI=1S/C13H12F3N3O/c1-9-6-7-17-12(19-9)18-8-10-2-4-11(5-3-10)20-13(14,15)16/h2-7H,8H2,1H3,(H,17,18,19). The normalized spacial score (nSPS) is 11.2. The van der Waals surface area contributed by atoms with Crippen LogP contribution in [-0.4, -0.2) is 16.3 Å². The topological polar surface area (TPSA) is 47.0 Å². The van der Waals surface area contributed by atoms with Gasteiger partial charge in [0.05, 0.1) is 0 Å². The van der Waals surface area contributed by atoms with E-state index in [1.165, 1.54) is 12.1 Å². The average molecular weight is 283 g/mol. The number of anilines is 1. The van der Waals surface area contributed by atoms with E-state index in [1.807, 2.05) is 6.92 Å². The van der Waals surface area contributed by atoms with Gasteiger partial charge in [-0.3, -0.25) is 0 Å². The number of hydrogen-bond acceptors (Lipinski definition) is 4. The van der Waals surface area contributed by atoms with Gasteiger partial charge < -0.3 is 10.1 Å². The van der Waals surface area contributed by atoms with Crippen molar-refractivity contribution in [1.82, 2.24) is 9.97 Å². The Labute approximate surface area is 113 Å². The van der Waals surface area contributed by atoms with Crippen LogP contribution in [-0.2, 0) is 6.54 Å². The first kappa shape index (κ1) is 14.1. The van der Waals surface area contributed by atoms with E-state index in [2.05, 4.69) is 20.0 Å². The second-order valence-electron chi connectivity index (χ2n) is 4.07. The van der Waals surface area contributed by atoms with Gasteiger partial charge in [-0.25, -0.2) is 9.97 Å². The lowest BCUT2D eigenvalue weighted by atomic mass is 10.2. The average Bonchev–Trinajstić information content (AvgIpc) is 2.36. The van der Waals surface area contributed by atoms with Crippen LogP contribution in [0.5, 0.6) is 5.75 Å². The van der Waals surface area contributed by atoms with E-state index < -0.39 is 6.36 Å². The number of nitrogens with one attached hydrogen (secondary N) is 1. The summed E-state index contributed by atoms with van der Waals surface area (Å²) in [6, 6.07) is 7.39. The molecule has 1 N–H and O–H groups in total. The van der Waals surface area contributed by atoms with Gasteiger partial charge in [0.25, 0.3) is 0 Å². The third-order valence-corrected chi connectivity index (χ3v) is 2.40. The fraction of sp³-hybridized carbons (Fsp3) is 0.231. The number of aromatic nitrogens is 2. The summed E-state index contributed by atoms with van der Waals surface area (Å²) >= 11 is 0. The quantitative estimate of drug-likeness (QED) is 0.935. The first-order chi connectivity index (χ1) is 9.42. The Bertz CT molecular complexity index is 570. The van der Waals surface area contributed by atoms with E-state index in [4.69, 9.17) is 0 Å². The number of aryl methyl sites for hydroxylation is 1. The van der Waals surface area contributed by atoms with Crippen LogP contribution in [0.25, 0.3) is 0 Å². The van der Waals surface area contributed by atoms with Gasteiger partial charge in [-0.2, -0.15) is 0 Å². The fourth-order valence-electron chi connectivity index (χ4n) is 1.52. The van der Waals surface area contributed by atoms with E-state index in [0.717, 1.165) is 11.3 Å². The summed E-state index contributed by atoms with van der Waals surface area (Å²) in [4.78, 5) is 8.18. The molecule has 0 unspecified atom stereocenters. The van der Waals surface area contributed by atoms with Gasteiger partial charge in [-0.1, -0.05) is 12.1 Å². The van der Waals surface area contributed by atoms with E-state index in [0.29, 0.717) is 12.5 Å². The van der Waals surface area contributed by atoms with Crippen molar-refractivity contribution in [2.45, 2.75) is 19.8 Å². The molecule has 0 aliphatic carbocycles. The van der Waals surface area contributed by atoms with E-state index in [9.17, 15) is 13.2 Å². The van der Waals surface area contributed by atoms with Gasteiger partial charge in [0.2, 0.25) is 5.95 Å². The van der Waals surface area contributed by atoms with Crippen LogP contribution < -0.4 is 10.1 Å². The maximum Gasteiger partial charge on any atom is 0.573 e. The largest absolute Gasteiger partial charge is 0.573 e. The summed E-state index contributed by atoms with van der Waals surface area (Å²) in [6.07, 6.45) is -3.04. The van der Waals surface area contributed by atoms with Crippen LogP contribution in [0.4, 0.5) is 19.1 Å².